The fraction of sp³-hybridized carbons (Fsp3) is 0.455. The fourth-order valence-corrected chi connectivity index (χ4v) is 1.99. The first-order chi connectivity index (χ1) is 8.99. The molecular formula is C11H12ClN3O4. The van der Waals surface area contributed by atoms with E-state index in [1.807, 2.05) is 0 Å². The van der Waals surface area contributed by atoms with Gasteiger partial charge in [0.2, 0.25) is 5.82 Å². The van der Waals surface area contributed by atoms with Gasteiger partial charge in [-0.05, 0) is 12.8 Å². The second-order valence-electron chi connectivity index (χ2n) is 4.32. The number of hydrogen-bond acceptors (Lipinski definition) is 5. The lowest BCUT2D eigenvalue weighted by molar-refractivity contribution is -0.384. The van der Waals surface area contributed by atoms with Gasteiger partial charge in [0.05, 0.1) is 16.4 Å². The largest absolute Gasteiger partial charge is 0.481 e. The van der Waals surface area contributed by atoms with Crippen molar-refractivity contribution in [3.05, 3.63) is 27.4 Å². The summed E-state index contributed by atoms with van der Waals surface area (Å²) in [6.45, 7) is 0.204. The van der Waals surface area contributed by atoms with Crippen molar-refractivity contribution in [2.24, 2.45) is 0 Å². The van der Waals surface area contributed by atoms with E-state index in [-0.39, 0.29) is 35.5 Å². The van der Waals surface area contributed by atoms with Crippen LogP contribution in [0.1, 0.15) is 19.3 Å². The quantitative estimate of drug-likeness (QED) is 0.635. The van der Waals surface area contributed by atoms with Crippen molar-refractivity contribution in [3.63, 3.8) is 0 Å². The molecular weight excluding hydrogens is 274 g/mol. The van der Waals surface area contributed by atoms with Crippen molar-refractivity contribution in [2.75, 3.05) is 11.4 Å². The van der Waals surface area contributed by atoms with Crippen LogP contribution in [0.5, 0.6) is 0 Å². The van der Waals surface area contributed by atoms with Gasteiger partial charge in [-0.2, -0.15) is 0 Å². The van der Waals surface area contributed by atoms with Gasteiger partial charge >= 0.3 is 11.7 Å². The second kappa shape index (κ2) is 5.40. The van der Waals surface area contributed by atoms with Gasteiger partial charge in [0.25, 0.3) is 0 Å². The van der Waals surface area contributed by atoms with E-state index in [9.17, 15) is 14.9 Å². The van der Waals surface area contributed by atoms with Gasteiger partial charge in [-0.25, -0.2) is 4.98 Å². The van der Waals surface area contributed by atoms with E-state index >= 15 is 0 Å². The highest BCUT2D eigenvalue weighted by atomic mass is 35.5. The number of carboxylic acids is 1. The molecule has 1 aromatic rings. The number of nitro groups is 1. The summed E-state index contributed by atoms with van der Waals surface area (Å²) in [6, 6.07) is 1.37. The molecule has 0 spiro atoms. The smallest absolute Gasteiger partial charge is 0.313 e. The Kier molecular flexibility index (Phi) is 3.84. The maximum absolute atomic E-state index is 11.0. The molecule has 1 aliphatic rings. The zero-order chi connectivity index (χ0) is 14.0. The van der Waals surface area contributed by atoms with Crippen LogP contribution in [0.15, 0.2) is 12.3 Å². The lowest BCUT2D eigenvalue weighted by Crippen LogP contribution is -2.29. The minimum Gasteiger partial charge on any atom is -0.481 e. The van der Waals surface area contributed by atoms with Crippen LogP contribution in [-0.2, 0) is 4.79 Å². The summed E-state index contributed by atoms with van der Waals surface area (Å²) in [6.07, 6.45) is 3.03. The average Bonchev–Trinajstić information content (AvgIpc) is 3.14. The molecule has 0 aliphatic heterocycles. The highest BCUT2D eigenvalue weighted by molar-refractivity contribution is 6.30. The lowest BCUT2D eigenvalue weighted by Gasteiger charge is -2.22. The molecule has 0 unspecified atom stereocenters. The summed E-state index contributed by atoms with van der Waals surface area (Å²) in [5, 5.41) is 19.9. The van der Waals surface area contributed by atoms with Crippen molar-refractivity contribution >= 4 is 29.1 Å². The number of carbonyl (C=O) groups is 1. The lowest BCUT2D eigenvalue weighted by atomic mass is 10.3. The first-order valence-corrected chi connectivity index (χ1v) is 6.15. The Hall–Kier alpha value is -1.89. The molecule has 0 saturated heterocycles. The molecule has 0 bridgehead atoms. The summed E-state index contributed by atoms with van der Waals surface area (Å²) in [7, 11) is 0. The summed E-state index contributed by atoms with van der Waals surface area (Å²) >= 11 is 5.71. The van der Waals surface area contributed by atoms with Crippen molar-refractivity contribution < 1.29 is 14.8 Å². The Labute approximate surface area is 114 Å². The Morgan fingerprint density at radius 1 is 1.63 bits per heavy atom. The predicted octanol–water partition coefficient (Wildman–Crippen LogP) is 2.09. The van der Waals surface area contributed by atoms with Crippen LogP contribution >= 0.6 is 11.6 Å². The van der Waals surface area contributed by atoms with Crippen LogP contribution in [0.2, 0.25) is 5.02 Å². The van der Waals surface area contributed by atoms with E-state index in [4.69, 9.17) is 16.7 Å². The number of aliphatic carboxylic acids is 1. The van der Waals surface area contributed by atoms with Gasteiger partial charge < -0.3 is 10.0 Å². The van der Waals surface area contributed by atoms with Gasteiger partial charge in [-0.15, -0.1) is 0 Å². The maximum Gasteiger partial charge on any atom is 0.313 e. The minimum absolute atomic E-state index is 0.0854. The number of anilines is 1. The average molecular weight is 286 g/mol. The van der Waals surface area contributed by atoms with E-state index in [1.54, 1.807) is 4.90 Å². The zero-order valence-corrected chi connectivity index (χ0v) is 10.7. The molecule has 1 fully saturated rings. The molecule has 102 valence electrons. The summed E-state index contributed by atoms with van der Waals surface area (Å²) in [4.78, 5) is 26.8. The molecule has 1 heterocycles. The van der Waals surface area contributed by atoms with Crippen LogP contribution in [0.3, 0.4) is 0 Å². The Balaban J connectivity index is 2.30. The van der Waals surface area contributed by atoms with Crippen LogP contribution < -0.4 is 4.90 Å². The fourth-order valence-electron chi connectivity index (χ4n) is 1.84. The molecule has 7 nitrogen and oxygen atoms in total. The highest BCUT2D eigenvalue weighted by Gasteiger charge is 2.34. The van der Waals surface area contributed by atoms with E-state index in [0.717, 1.165) is 12.8 Å². The molecule has 0 atom stereocenters. The van der Waals surface area contributed by atoms with Crippen LogP contribution in [0, 0.1) is 10.1 Å². The Morgan fingerprint density at radius 2 is 2.32 bits per heavy atom. The minimum atomic E-state index is -0.942. The molecule has 1 N–H and O–H groups in total. The van der Waals surface area contributed by atoms with Gasteiger partial charge in [0.1, 0.15) is 0 Å². The first kappa shape index (κ1) is 13.5. The summed E-state index contributed by atoms with van der Waals surface area (Å²) in [5.41, 5.74) is -0.190. The topological polar surface area (TPSA) is 96.6 Å². The van der Waals surface area contributed by atoms with Crippen molar-refractivity contribution in [2.45, 2.75) is 25.3 Å². The molecule has 0 amide bonds. The molecule has 8 heteroatoms. The van der Waals surface area contributed by atoms with Crippen LogP contribution in [0.25, 0.3) is 0 Å². The van der Waals surface area contributed by atoms with Gasteiger partial charge in [0.15, 0.2) is 0 Å². The number of halogens is 1. The van der Waals surface area contributed by atoms with E-state index in [2.05, 4.69) is 4.98 Å². The number of nitrogens with zero attached hydrogens (tertiary/aromatic N) is 3. The van der Waals surface area contributed by atoms with Crippen molar-refractivity contribution in [1.29, 1.82) is 0 Å². The van der Waals surface area contributed by atoms with Crippen molar-refractivity contribution in [3.8, 4) is 0 Å². The third-order valence-corrected chi connectivity index (χ3v) is 3.04. The van der Waals surface area contributed by atoms with Gasteiger partial charge in [-0.3, -0.25) is 14.9 Å². The Morgan fingerprint density at radius 3 is 2.84 bits per heavy atom. The predicted molar refractivity (Wildman–Crippen MR) is 68.5 cm³/mol. The maximum atomic E-state index is 11.0. The first-order valence-electron chi connectivity index (χ1n) is 5.77. The number of rotatable bonds is 6. The van der Waals surface area contributed by atoms with E-state index < -0.39 is 10.9 Å². The number of hydrogen-bond donors (Lipinski definition) is 1. The molecule has 2 rings (SSSR count). The third kappa shape index (κ3) is 3.31. The van der Waals surface area contributed by atoms with E-state index in [0.29, 0.717) is 0 Å². The van der Waals surface area contributed by atoms with Gasteiger partial charge in [-0.1, -0.05) is 11.6 Å². The standard InChI is InChI=1S/C11H12ClN3O4/c12-7-5-9(15(18)19)11(13-6-7)14(8-1-2-8)4-3-10(16)17/h5-6,8H,1-4H2,(H,16,17). The SMILES string of the molecule is O=C(O)CCN(c1ncc(Cl)cc1[N+](=O)[O-])C1CC1. The van der Waals surface area contributed by atoms with Gasteiger partial charge in [0, 0.05) is 24.8 Å². The van der Waals surface area contributed by atoms with Crippen LogP contribution in [-0.4, -0.2) is 33.6 Å². The van der Waals surface area contributed by atoms with Crippen molar-refractivity contribution in [1.82, 2.24) is 4.98 Å². The second-order valence-corrected chi connectivity index (χ2v) is 4.76. The molecule has 0 radical (unpaired) electrons. The molecule has 0 aromatic carbocycles. The zero-order valence-electron chi connectivity index (χ0n) is 9.95. The number of aromatic nitrogens is 1. The number of pyridine rings is 1. The van der Waals surface area contributed by atoms with Crippen LogP contribution in [0.4, 0.5) is 11.5 Å². The monoisotopic (exact) mass is 285 g/mol. The summed E-state index contributed by atoms with van der Waals surface area (Å²) in [5.74, 6) is -0.750. The highest BCUT2D eigenvalue weighted by Crippen LogP contribution is 2.36. The van der Waals surface area contributed by atoms with E-state index in [1.165, 1.54) is 12.3 Å². The molecule has 1 saturated carbocycles. The number of carboxylic acid groups (broad SMARTS) is 1. The normalized spacial score (nSPS) is 14.2. The molecule has 19 heavy (non-hydrogen) atoms. The third-order valence-electron chi connectivity index (χ3n) is 2.84. The Bertz CT molecular complexity index is 519. The summed E-state index contributed by atoms with van der Waals surface area (Å²) < 4.78 is 0. The molecule has 1 aromatic heterocycles. The molecule has 1 aliphatic carbocycles.